The van der Waals surface area contributed by atoms with Crippen LogP contribution < -0.4 is 5.73 Å². The highest BCUT2D eigenvalue weighted by Crippen LogP contribution is 2.43. The van der Waals surface area contributed by atoms with Crippen LogP contribution in [0, 0.1) is 0 Å². The van der Waals surface area contributed by atoms with Gasteiger partial charge in [0.2, 0.25) is 0 Å². The molecule has 0 aliphatic carbocycles. The Labute approximate surface area is 475 Å². The van der Waals surface area contributed by atoms with E-state index in [2.05, 4.69) is 86.8 Å². The maximum atomic E-state index is 12.7. The van der Waals surface area contributed by atoms with Crippen molar-refractivity contribution in [3.8, 4) is 0 Å². The molecule has 0 fully saturated rings. The van der Waals surface area contributed by atoms with E-state index < -0.39 is 26.5 Å². The maximum absolute atomic E-state index is 12.7. The summed E-state index contributed by atoms with van der Waals surface area (Å²) in [7, 11) is -4.39. The number of phosphoric acid groups is 1. The lowest BCUT2D eigenvalue weighted by molar-refractivity contribution is -0.161. The largest absolute Gasteiger partial charge is 0.472 e. The first-order chi connectivity index (χ1) is 37.8. The van der Waals surface area contributed by atoms with Gasteiger partial charge in [0.25, 0.3) is 0 Å². The van der Waals surface area contributed by atoms with E-state index in [1.54, 1.807) is 0 Å². The number of carbonyl (C=O) groups excluding carboxylic acids is 2. The molecular weight excluding hydrogens is 978 g/mol. The number of esters is 2. The molecular formula is C67H122NO8P. The van der Waals surface area contributed by atoms with Gasteiger partial charge in [0.05, 0.1) is 13.2 Å². The van der Waals surface area contributed by atoms with Gasteiger partial charge in [-0.2, -0.15) is 0 Å². The third kappa shape index (κ3) is 62.5. The van der Waals surface area contributed by atoms with Gasteiger partial charge >= 0.3 is 19.8 Å². The molecule has 0 aromatic carbocycles. The van der Waals surface area contributed by atoms with Crippen molar-refractivity contribution in [2.45, 2.75) is 315 Å². The van der Waals surface area contributed by atoms with Gasteiger partial charge in [-0.15, -0.1) is 0 Å². The molecule has 0 radical (unpaired) electrons. The van der Waals surface area contributed by atoms with Crippen LogP contribution in [0.3, 0.4) is 0 Å². The minimum Gasteiger partial charge on any atom is -0.462 e. The molecule has 10 heteroatoms. The number of rotatable bonds is 61. The fourth-order valence-corrected chi connectivity index (χ4v) is 10.1. The predicted molar refractivity (Wildman–Crippen MR) is 330 cm³/mol. The molecule has 3 N–H and O–H groups in total. The van der Waals surface area contributed by atoms with Crippen LogP contribution in [0.5, 0.6) is 0 Å². The van der Waals surface area contributed by atoms with Crippen LogP contribution in [0.1, 0.15) is 309 Å². The minimum atomic E-state index is -4.39. The van der Waals surface area contributed by atoms with Crippen LogP contribution in [0.25, 0.3) is 0 Å². The average molecular weight is 1100 g/mol. The smallest absolute Gasteiger partial charge is 0.462 e. The molecule has 0 spiro atoms. The molecule has 9 nitrogen and oxygen atoms in total. The Hall–Kier alpha value is -2.55. The van der Waals surface area contributed by atoms with Crippen molar-refractivity contribution < 1.29 is 37.6 Å². The molecule has 0 aromatic rings. The highest BCUT2D eigenvalue weighted by molar-refractivity contribution is 7.47. The molecule has 0 amide bonds. The average Bonchev–Trinajstić information content (AvgIpc) is 3.42. The summed E-state index contributed by atoms with van der Waals surface area (Å²) in [6, 6.07) is 0. The summed E-state index contributed by atoms with van der Waals surface area (Å²) in [5.74, 6) is -0.816. The molecule has 448 valence electrons. The third-order valence-corrected chi connectivity index (χ3v) is 15.1. The van der Waals surface area contributed by atoms with Gasteiger partial charge in [0.1, 0.15) is 6.61 Å². The van der Waals surface area contributed by atoms with Gasteiger partial charge in [-0.3, -0.25) is 18.6 Å². The maximum Gasteiger partial charge on any atom is 0.472 e. The Kier molecular flexibility index (Phi) is 60.6. The van der Waals surface area contributed by atoms with Crippen LogP contribution in [0.15, 0.2) is 72.9 Å². The lowest BCUT2D eigenvalue weighted by atomic mass is 10.0. The number of hydrogen-bond acceptors (Lipinski definition) is 8. The van der Waals surface area contributed by atoms with E-state index in [-0.39, 0.29) is 38.6 Å². The number of unbranched alkanes of at least 4 members (excludes halogenated alkanes) is 36. The zero-order chi connectivity index (χ0) is 55.9. The van der Waals surface area contributed by atoms with Crippen molar-refractivity contribution in [2.75, 3.05) is 26.4 Å². The number of allylic oxidation sites excluding steroid dienone is 12. The Morgan fingerprint density at radius 2 is 0.714 bits per heavy atom. The van der Waals surface area contributed by atoms with Gasteiger partial charge in [0, 0.05) is 19.4 Å². The summed E-state index contributed by atoms with van der Waals surface area (Å²) in [4.78, 5) is 35.3. The van der Waals surface area contributed by atoms with Crippen molar-refractivity contribution in [3.63, 3.8) is 0 Å². The Bertz CT molecular complexity index is 1490. The first-order valence-corrected chi connectivity index (χ1v) is 33.9. The van der Waals surface area contributed by atoms with E-state index in [1.165, 1.54) is 205 Å². The van der Waals surface area contributed by atoms with Crippen molar-refractivity contribution in [3.05, 3.63) is 72.9 Å². The standard InChI is InChI=1S/C67H122NO8P/c1-3-5-7-9-11-13-15-17-19-21-23-25-27-29-30-31-32-33-34-36-38-40-42-44-46-48-50-52-54-56-58-60-67(70)76-65(64-75-77(71,72)74-62-61-68)63-73-66(69)59-57-55-53-51-49-47-45-43-41-39-37-35-28-26-24-22-20-18-16-14-12-10-8-6-4-2/h5,7,11,13,16-19,22-25,65H,3-4,6,8-10,12,14-15,20-21,26-64,68H2,1-2H3,(H,71,72)/b7-5-,13-11-,18-16-,19-17-,24-22-,25-23-. The Morgan fingerprint density at radius 3 is 1.06 bits per heavy atom. The van der Waals surface area contributed by atoms with Gasteiger partial charge in [-0.1, -0.05) is 286 Å². The zero-order valence-corrected chi connectivity index (χ0v) is 51.1. The highest BCUT2D eigenvalue weighted by Gasteiger charge is 2.26. The lowest BCUT2D eigenvalue weighted by Gasteiger charge is -2.19. The molecule has 2 unspecified atom stereocenters. The molecule has 77 heavy (non-hydrogen) atoms. The summed E-state index contributed by atoms with van der Waals surface area (Å²) >= 11 is 0. The van der Waals surface area contributed by atoms with E-state index in [9.17, 15) is 19.0 Å². The van der Waals surface area contributed by atoms with Gasteiger partial charge in [-0.05, 0) is 83.5 Å². The molecule has 0 bridgehead atoms. The monoisotopic (exact) mass is 1100 g/mol. The van der Waals surface area contributed by atoms with Crippen molar-refractivity contribution in [1.82, 2.24) is 0 Å². The molecule has 0 aliphatic rings. The first-order valence-electron chi connectivity index (χ1n) is 32.4. The third-order valence-electron chi connectivity index (χ3n) is 14.1. The first kappa shape index (κ1) is 74.5. The second kappa shape index (κ2) is 62.6. The van der Waals surface area contributed by atoms with E-state index in [0.717, 1.165) is 70.6 Å². The molecule has 2 atom stereocenters. The minimum absolute atomic E-state index is 0.0529. The summed E-state index contributed by atoms with van der Waals surface area (Å²) in [5.41, 5.74) is 5.40. The quantitative estimate of drug-likeness (QED) is 0.0264. The molecule has 0 aromatic heterocycles. The Morgan fingerprint density at radius 1 is 0.403 bits per heavy atom. The number of nitrogens with two attached hydrogens (primary N) is 1. The number of phosphoric ester groups is 1. The van der Waals surface area contributed by atoms with Crippen LogP contribution in [0.4, 0.5) is 0 Å². The summed E-state index contributed by atoms with van der Waals surface area (Å²) < 4.78 is 33.1. The normalized spacial score (nSPS) is 13.5. The van der Waals surface area contributed by atoms with E-state index in [4.69, 9.17) is 24.3 Å². The van der Waals surface area contributed by atoms with Crippen molar-refractivity contribution in [1.29, 1.82) is 0 Å². The molecule has 0 rings (SSSR count). The second-order valence-corrected chi connectivity index (χ2v) is 23.1. The van der Waals surface area contributed by atoms with Crippen LogP contribution in [-0.4, -0.2) is 49.3 Å². The molecule has 0 heterocycles. The summed E-state index contributed by atoms with van der Waals surface area (Å²) in [5, 5.41) is 0. The van der Waals surface area contributed by atoms with Gasteiger partial charge < -0.3 is 20.1 Å². The van der Waals surface area contributed by atoms with Crippen LogP contribution >= 0.6 is 7.82 Å². The fraction of sp³-hybridized carbons (Fsp3) is 0.791. The van der Waals surface area contributed by atoms with E-state index >= 15 is 0 Å². The number of carbonyl (C=O) groups is 2. The topological polar surface area (TPSA) is 134 Å². The lowest BCUT2D eigenvalue weighted by Crippen LogP contribution is -2.29. The van der Waals surface area contributed by atoms with Crippen molar-refractivity contribution >= 4 is 19.8 Å². The highest BCUT2D eigenvalue weighted by atomic mass is 31.2. The summed E-state index contributed by atoms with van der Waals surface area (Å²) in [6.07, 6.45) is 81.2. The van der Waals surface area contributed by atoms with Crippen LogP contribution in [0.2, 0.25) is 0 Å². The summed E-state index contributed by atoms with van der Waals surface area (Å²) in [6.45, 7) is 3.66. The van der Waals surface area contributed by atoms with E-state index in [1.807, 2.05) is 0 Å². The van der Waals surface area contributed by atoms with Crippen LogP contribution in [-0.2, 0) is 32.7 Å². The predicted octanol–water partition coefficient (Wildman–Crippen LogP) is 20.9. The second-order valence-electron chi connectivity index (χ2n) is 21.6. The SMILES string of the molecule is CC/C=C\C/C=C\C/C=C\C/C=C\CCCCCCCCCCCCCCCCCCCCC(=O)OC(COC(=O)CCCCCCCCCCCCCCC/C=C\C/C=C\CCCCCCC)COP(=O)(O)OCCN. The zero-order valence-electron chi connectivity index (χ0n) is 50.2. The fourth-order valence-electron chi connectivity index (χ4n) is 9.31. The molecule has 0 saturated carbocycles. The van der Waals surface area contributed by atoms with Gasteiger partial charge in [0.15, 0.2) is 6.10 Å². The van der Waals surface area contributed by atoms with Crippen molar-refractivity contribution in [2.24, 2.45) is 5.73 Å². The number of ether oxygens (including phenoxy) is 2. The number of hydrogen-bond donors (Lipinski definition) is 2. The van der Waals surface area contributed by atoms with Gasteiger partial charge in [-0.25, -0.2) is 4.57 Å². The Balaban J connectivity index is 3.89. The molecule has 0 aliphatic heterocycles. The van der Waals surface area contributed by atoms with E-state index in [0.29, 0.717) is 6.42 Å². The molecule has 0 saturated heterocycles.